The molecule has 0 saturated heterocycles. The molecule has 10 nitrogen and oxygen atoms in total. The molecule has 0 aromatic heterocycles. The van der Waals surface area contributed by atoms with Crippen LogP contribution in [0, 0.1) is 0 Å². The summed E-state index contributed by atoms with van der Waals surface area (Å²) in [7, 11) is -3.29. The Morgan fingerprint density at radius 2 is 1.78 bits per heavy atom. The van der Waals surface area contributed by atoms with E-state index in [0.29, 0.717) is 31.5 Å². The van der Waals surface area contributed by atoms with Crippen molar-refractivity contribution in [3.8, 4) is 5.75 Å². The van der Waals surface area contributed by atoms with Crippen LogP contribution in [0.3, 0.4) is 0 Å². The fourth-order valence-corrected chi connectivity index (χ4v) is 6.46. The quantitative estimate of drug-likeness (QED) is 0.169. The molecule has 1 atom stereocenters. The second kappa shape index (κ2) is 15.3. The second-order valence-electron chi connectivity index (χ2n) is 10.1. The number of halogens is 1. The molecule has 1 aliphatic heterocycles. The smallest absolute Gasteiger partial charge is 0.328 e. The van der Waals surface area contributed by atoms with Gasteiger partial charge in [0.1, 0.15) is 12.4 Å². The lowest BCUT2D eigenvalue weighted by Crippen LogP contribution is -2.49. The number of sulfonamides is 1. The number of benzene rings is 2. The maximum atomic E-state index is 12.0. The Kier molecular flexibility index (Phi) is 12.2. The number of carboxylic acid groups (broad SMARTS) is 2. The summed E-state index contributed by atoms with van der Waals surface area (Å²) in [6.45, 7) is 2.00. The van der Waals surface area contributed by atoms with Crippen molar-refractivity contribution in [2.75, 3.05) is 32.0 Å². The zero-order valence-electron chi connectivity index (χ0n) is 22.9. The largest absolute Gasteiger partial charge is 0.492 e. The highest BCUT2D eigenvalue weighted by Gasteiger charge is 2.47. The molecule has 2 aromatic rings. The first-order chi connectivity index (χ1) is 19.6. The van der Waals surface area contributed by atoms with Gasteiger partial charge in [-0.2, -0.15) is 0 Å². The van der Waals surface area contributed by atoms with Gasteiger partial charge in [-0.3, -0.25) is 0 Å². The number of unbranched alkanes of at least 4 members (excludes halogenated alkanes) is 1. The number of carboxylic acids is 2. The van der Waals surface area contributed by atoms with Crippen molar-refractivity contribution in [1.82, 2.24) is 10.0 Å². The normalized spacial score (nSPS) is 17.6. The Bertz CT molecular complexity index is 1300. The topological polar surface area (TPSA) is 168 Å². The monoisotopic (exact) mass is 607 g/mol. The van der Waals surface area contributed by atoms with E-state index in [1.807, 2.05) is 18.2 Å². The molecule has 0 amide bonds. The van der Waals surface area contributed by atoms with E-state index >= 15 is 0 Å². The van der Waals surface area contributed by atoms with Crippen molar-refractivity contribution in [2.24, 2.45) is 5.73 Å². The molecule has 12 heteroatoms. The number of nitrogens with one attached hydrogen (secondary N) is 2. The van der Waals surface area contributed by atoms with Crippen LogP contribution < -0.4 is 20.5 Å². The molecule has 4 rings (SSSR count). The average Bonchev–Trinajstić information content (AvgIpc) is 2.91. The molecule has 41 heavy (non-hydrogen) atoms. The van der Waals surface area contributed by atoms with Gasteiger partial charge in [0.05, 0.1) is 5.75 Å². The lowest BCUT2D eigenvalue weighted by molar-refractivity contribution is -0.134. The van der Waals surface area contributed by atoms with Gasteiger partial charge in [0, 0.05) is 35.2 Å². The molecular formula is C29H38ClN3O7S. The van der Waals surface area contributed by atoms with Crippen LogP contribution in [0.4, 0.5) is 0 Å². The highest BCUT2D eigenvalue weighted by molar-refractivity contribution is 7.89. The van der Waals surface area contributed by atoms with Gasteiger partial charge < -0.3 is 26.0 Å². The molecule has 1 heterocycles. The Morgan fingerprint density at radius 3 is 2.37 bits per heavy atom. The molecule has 0 bridgehead atoms. The zero-order valence-corrected chi connectivity index (χ0v) is 24.4. The first-order valence-corrected chi connectivity index (χ1v) is 15.7. The third-order valence-corrected chi connectivity index (χ3v) is 9.04. The third-order valence-electron chi connectivity index (χ3n) is 7.32. The van der Waals surface area contributed by atoms with Gasteiger partial charge in [0.25, 0.3) is 0 Å². The van der Waals surface area contributed by atoms with Crippen LogP contribution >= 0.6 is 11.6 Å². The Hall–Kier alpha value is -2.96. The van der Waals surface area contributed by atoms with Gasteiger partial charge in [-0.1, -0.05) is 36.2 Å². The van der Waals surface area contributed by atoms with E-state index in [2.05, 4.69) is 34.3 Å². The maximum absolute atomic E-state index is 12.0. The standard InChI is InChI=1S/C25H34ClN3O3S.C4H4O4/c26-21-7-5-20(6-8-21)25(11-3-12-25)24-23-18-22(9-4-19(23)10-14-28-24)32-16-15-29-33(30,31)17-2-1-13-27;5-3(6)1-2-4(7)8/h4-9,18,24,28-29H,1-3,10-17,27H2;1-2H,(H,5,6)(H,7,8)/b;2-1+. The predicted octanol–water partition coefficient (Wildman–Crippen LogP) is 3.40. The molecule has 0 radical (unpaired) electrons. The number of hydrogen-bond donors (Lipinski definition) is 5. The second-order valence-corrected chi connectivity index (χ2v) is 12.4. The molecule has 0 spiro atoms. The number of nitrogens with two attached hydrogens (primary N) is 1. The number of carbonyl (C=O) groups is 2. The Labute approximate surface area is 246 Å². The fourth-order valence-electron chi connectivity index (χ4n) is 5.21. The molecular weight excluding hydrogens is 570 g/mol. The number of hydrogen-bond acceptors (Lipinski definition) is 7. The molecule has 1 saturated carbocycles. The molecule has 1 aliphatic carbocycles. The predicted molar refractivity (Wildman–Crippen MR) is 158 cm³/mol. The minimum atomic E-state index is -3.29. The van der Waals surface area contributed by atoms with Gasteiger partial charge in [-0.15, -0.1) is 0 Å². The van der Waals surface area contributed by atoms with Crippen molar-refractivity contribution in [2.45, 2.75) is 50.0 Å². The summed E-state index contributed by atoms with van der Waals surface area (Å²) in [6, 6.07) is 14.8. The van der Waals surface area contributed by atoms with Crippen LogP contribution in [0.25, 0.3) is 0 Å². The molecule has 2 aromatic carbocycles. The van der Waals surface area contributed by atoms with Gasteiger partial charge in [-0.25, -0.2) is 22.7 Å². The van der Waals surface area contributed by atoms with Crippen molar-refractivity contribution in [3.05, 3.63) is 76.3 Å². The van der Waals surface area contributed by atoms with Gasteiger partial charge in [-0.05, 0) is 86.1 Å². The van der Waals surface area contributed by atoms with E-state index in [-0.39, 0.29) is 30.4 Å². The van der Waals surface area contributed by atoms with E-state index in [0.717, 1.165) is 36.6 Å². The molecule has 6 N–H and O–H groups in total. The summed E-state index contributed by atoms with van der Waals surface area (Å²) < 4.78 is 32.6. The lowest BCUT2D eigenvalue weighted by Gasteiger charge is -2.50. The van der Waals surface area contributed by atoms with Gasteiger partial charge >= 0.3 is 11.9 Å². The molecule has 2 aliphatic rings. The summed E-state index contributed by atoms with van der Waals surface area (Å²) in [6.07, 6.45) is 6.89. The van der Waals surface area contributed by atoms with E-state index in [4.69, 9.17) is 32.3 Å². The molecule has 224 valence electrons. The number of fused-ring (bicyclic) bond motifs is 1. The van der Waals surface area contributed by atoms with Crippen molar-refractivity contribution in [1.29, 1.82) is 0 Å². The van der Waals surface area contributed by atoms with Crippen molar-refractivity contribution in [3.63, 3.8) is 0 Å². The van der Waals surface area contributed by atoms with Crippen LogP contribution in [-0.4, -0.2) is 62.6 Å². The summed E-state index contributed by atoms with van der Waals surface area (Å²) in [5.41, 5.74) is 9.48. The highest BCUT2D eigenvalue weighted by atomic mass is 35.5. The van der Waals surface area contributed by atoms with Gasteiger partial charge in [0.2, 0.25) is 10.0 Å². The Morgan fingerprint density at radius 1 is 1.10 bits per heavy atom. The number of rotatable bonds is 13. The first-order valence-electron chi connectivity index (χ1n) is 13.6. The van der Waals surface area contributed by atoms with E-state index in [1.165, 1.54) is 23.1 Å². The summed E-state index contributed by atoms with van der Waals surface area (Å²) in [5.74, 6) is -1.64. The van der Waals surface area contributed by atoms with E-state index in [1.54, 1.807) is 0 Å². The number of ether oxygens (including phenoxy) is 1. The average molecular weight is 608 g/mol. The minimum absolute atomic E-state index is 0.0670. The summed E-state index contributed by atoms with van der Waals surface area (Å²) in [5, 5.41) is 20.2. The van der Waals surface area contributed by atoms with Gasteiger partial charge in [0.15, 0.2) is 0 Å². The minimum Gasteiger partial charge on any atom is -0.492 e. The first kappa shape index (κ1) is 32.6. The lowest BCUT2D eigenvalue weighted by atomic mass is 9.58. The number of aliphatic carboxylic acids is 2. The van der Waals surface area contributed by atoms with Crippen LogP contribution in [0.5, 0.6) is 5.75 Å². The Balaban J connectivity index is 0.000000507. The van der Waals surface area contributed by atoms with Crippen LogP contribution in [0.2, 0.25) is 5.02 Å². The maximum Gasteiger partial charge on any atom is 0.328 e. The van der Waals surface area contributed by atoms with Crippen LogP contribution in [0.1, 0.15) is 54.8 Å². The van der Waals surface area contributed by atoms with Crippen LogP contribution in [0.15, 0.2) is 54.6 Å². The van der Waals surface area contributed by atoms with E-state index < -0.39 is 22.0 Å². The van der Waals surface area contributed by atoms with Crippen molar-refractivity contribution < 1.29 is 33.0 Å². The van der Waals surface area contributed by atoms with Crippen LogP contribution in [-0.2, 0) is 31.4 Å². The summed E-state index contributed by atoms with van der Waals surface area (Å²) in [4.78, 5) is 19.1. The zero-order chi connectivity index (χ0) is 29.9. The highest BCUT2D eigenvalue weighted by Crippen LogP contribution is 2.53. The van der Waals surface area contributed by atoms with Crippen molar-refractivity contribution >= 4 is 33.6 Å². The SMILES string of the molecule is NCCCCS(=O)(=O)NCCOc1ccc2c(c1)C(C1(c3ccc(Cl)cc3)CCC1)NCC2.O=C(O)/C=C/C(=O)O. The third kappa shape index (κ3) is 9.54. The molecule has 1 fully saturated rings. The molecule has 1 unspecified atom stereocenters. The summed E-state index contributed by atoms with van der Waals surface area (Å²) >= 11 is 6.15. The van der Waals surface area contributed by atoms with E-state index in [9.17, 15) is 18.0 Å². The fraction of sp³-hybridized carbons (Fsp3) is 0.448.